The summed E-state index contributed by atoms with van der Waals surface area (Å²) in [5.41, 5.74) is 3.54. The molecule has 6 nitrogen and oxygen atoms in total. The molecule has 0 unspecified atom stereocenters. The molecule has 0 spiro atoms. The highest BCUT2D eigenvalue weighted by Crippen LogP contribution is 2.37. The van der Waals surface area contributed by atoms with Crippen molar-refractivity contribution in [2.24, 2.45) is 0 Å². The fourth-order valence-electron chi connectivity index (χ4n) is 3.75. The van der Waals surface area contributed by atoms with E-state index in [9.17, 15) is 13.2 Å². The first-order chi connectivity index (χ1) is 16.7. The van der Waals surface area contributed by atoms with Gasteiger partial charge in [0.1, 0.15) is 11.3 Å². The summed E-state index contributed by atoms with van der Waals surface area (Å²) in [6.07, 6.45) is 0.126. The largest absolute Gasteiger partial charge is 0.494 e. The van der Waals surface area contributed by atoms with Crippen LogP contribution in [0.5, 0.6) is 5.75 Å². The number of aryl methyl sites for hydroxylation is 1. The molecule has 0 aliphatic rings. The molecule has 4 rings (SSSR count). The van der Waals surface area contributed by atoms with Crippen LogP contribution in [0.3, 0.4) is 0 Å². The third kappa shape index (κ3) is 5.23. The average molecular weight is 509 g/mol. The Morgan fingerprint density at radius 1 is 1.00 bits per heavy atom. The highest BCUT2D eigenvalue weighted by atomic mass is 32.2. The Kier molecular flexibility index (Phi) is 7.23. The predicted octanol–water partition coefficient (Wildman–Crippen LogP) is 5.57. The smallest absolute Gasteiger partial charge is 0.233 e. The number of nitrogens with zero attached hydrogens (tertiary/aromatic N) is 2. The van der Waals surface area contributed by atoms with Gasteiger partial charge in [-0.2, -0.15) is 0 Å². The van der Waals surface area contributed by atoms with Crippen LogP contribution in [0.15, 0.2) is 71.6 Å². The topological polar surface area (TPSA) is 76.6 Å². The van der Waals surface area contributed by atoms with E-state index in [1.54, 1.807) is 50.1 Å². The first kappa shape index (κ1) is 24.9. The molecule has 4 aromatic rings. The summed E-state index contributed by atoms with van der Waals surface area (Å²) in [4.78, 5) is 20.3. The van der Waals surface area contributed by atoms with Gasteiger partial charge in [0.25, 0.3) is 0 Å². The van der Waals surface area contributed by atoms with E-state index < -0.39 is 15.1 Å². The van der Waals surface area contributed by atoms with Gasteiger partial charge in [0, 0.05) is 0 Å². The van der Waals surface area contributed by atoms with Crippen molar-refractivity contribution in [2.75, 3.05) is 12.0 Å². The number of rotatable bonds is 8. The van der Waals surface area contributed by atoms with Crippen molar-refractivity contribution in [3.63, 3.8) is 0 Å². The number of ether oxygens (including phenoxy) is 1. The molecule has 35 heavy (non-hydrogen) atoms. The number of carbonyl (C=O) groups excluding carboxylic acids is 1. The minimum absolute atomic E-state index is 0.121. The fraction of sp³-hybridized carbons (Fsp3) is 0.259. The maximum absolute atomic E-state index is 13.6. The van der Waals surface area contributed by atoms with Crippen LogP contribution in [0.25, 0.3) is 10.2 Å². The Labute approximate surface area is 210 Å². The summed E-state index contributed by atoms with van der Waals surface area (Å²) in [6.45, 7) is 5.70. The predicted molar refractivity (Wildman–Crippen MR) is 141 cm³/mol. The third-order valence-corrected chi connectivity index (χ3v) is 9.24. The Balaban J connectivity index is 1.68. The van der Waals surface area contributed by atoms with E-state index >= 15 is 0 Å². The summed E-state index contributed by atoms with van der Waals surface area (Å²) in [7, 11) is -1.75. The summed E-state index contributed by atoms with van der Waals surface area (Å²) < 4.78 is 31.3. The van der Waals surface area contributed by atoms with E-state index in [1.165, 1.54) is 11.3 Å². The molecule has 0 aliphatic heterocycles. The number of benzene rings is 3. The SMILES string of the molecule is COc1ccc(C)c2sc(N(Cc3ccccc3)C(=O)Cc3ccc(S(=O)(=O)C(C)C)cc3)nc12. The minimum Gasteiger partial charge on any atom is -0.494 e. The van der Waals surface area contributed by atoms with Gasteiger partial charge in [-0.05, 0) is 55.7 Å². The molecule has 1 heterocycles. The van der Waals surface area contributed by atoms with Crippen molar-refractivity contribution in [1.82, 2.24) is 4.98 Å². The Morgan fingerprint density at radius 3 is 2.31 bits per heavy atom. The van der Waals surface area contributed by atoms with Crippen LogP contribution >= 0.6 is 11.3 Å². The van der Waals surface area contributed by atoms with Crippen molar-refractivity contribution >= 4 is 42.4 Å². The maximum atomic E-state index is 13.6. The van der Waals surface area contributed by atoms with Gasteiger partial charge in [0.2, 0.25) is 5.91 Å². The number of sulfone groups is 1. The lowest BCUT2D eigenvalue weighted by Crippen LogP contribution is -2.31. The van der Waals surface area contributed by atoms with E-state index in [2.05, 4.69) is 0 Å². The van der Waals surface area contributed by atoms with Crippen molar-refractivity contribution < 1.29 is 17.9 Å². The Bertz CT molecular complexity index is 1440. The summed E-state index contributed by atoms with van der Waals surface area (Å²) in [5.74, 6) is 0.547. The summed E-state index contributed by atoms with van der Waals surface area (Å²) >= 11 is 1.46. The van der Waals surface area contributed by atoms with Crippen molar-refractivity contribution in [3.05, 3.63) is 83.4 Å². The van der Waals surface area contributed by atoms with Crippen LogP contribution < -0.4 is 9.64 Å². The lowest BCUT2D eigenvalue weighted by atomic mass is 10.1. The van der Waals surface area contributed by atoms with Crippen molar-refractivity contribution in [2.45, 2.75) is 43.9 Å². The molecule has 0 N–H and O–H groups in total. The van der Waals surface area contributed by atoms with Gasteiger partial charge in [-0.3, -0.25) is 9.69 Å². The number of amides is 1. The van der Waals surface area contributed by atoms with Gasteiger partial charge in [-0.1, -0.05) is 59.9 Å². The molecule has 1 aromatic heterocycles. The summed E-state index contributed by atoms with van der Waals surface area (Å²) in [6, 6.07) is 20.2. The van der Waals surface area contributed by atoms with Gasteiger partial charge in [0.05, 0.1) is 34.9 Å². The van der Waals surface area contributed by atoms with Crippen LogP contribution in [0.1, 0.15) is 30.5 Å². The van der Waals surface area contributed by atoms with Gasteiger partial charge in [-0.15, -0.1) is 0 Å². The van der Waals surface area contributed by atoms with E-state index in [-0.39, 0.29) is 17.2 Å². The van der Waals surface area contributed by atoms with Crippen molar-refractivity contribution in [1.29, 1.82) is 0 Å². The molecule has 0 aliphatic carbocycles. The zero-order valence-corrected chi connectivity index (χ0v) is 21.8. The first-order valence-electron chi connectivity index (χ1n) is 11.3. The monoisotopic (exact) mass is 508 g/mol. The molecule has 0 bridgehead atoms. The molecule has 0 radical (unpaired) electrons. The first-order valence-corrected chi connectivity index (χ1v) is 13.7. The second-order valence-corrected chi connectivity index (χ2v) is 12.1. The van der Waals surface area contributed by atoms with E-state index in [0.717, 1.165) is 26.9 Å². The third-order valence-electron chi connectivity index (χ3n) is 5.86. The standard InChI is InChI=1S/C27H28N2O4S2/c1-18(2)35(31,32)22-13-11-20(12-14-22)16-24(30)29(17-21-8-6-5-7-9-21)27-28-25-23(33-4)15-10-19(3)26(25)34-27/h5-15,18H,16-17H2,1-4H3. The normalized spacial score (nSPS) is 11.7. The van der Waals surface area contributed by atoms with E-state index in [1.807, 2.05) is 49.4 Å². The number of hydrogen-bond acceptors (Lipinski definition) is 6. The molecular weight excluding hydrogens is 480 g/mol. The molecule has 3 aromatic carbocycles. The quantitative estimate of drug-likeness (QED) is 0.311. The fourth-order valence-corrected chi connectivity index (χ4v) is 5.87. The number of hydrogen-bond donors (Lipinski definition) is 0. The van der Waals surface area contributed by atoms with Gasteiger partial charge in [-0.25, -0.2) is 13.4 Å². The average Bonchev–Trinajstić information content (AvgIpc) is 3.30. The van der Waals surface area contributed by atoms with Crippen LogP contribution in [-0.4, -0.2) is 31.7 Å². The van der Waals surface area contributed by atoms with Crippen LogP contribution in [-0.2, 0) is 27.6 Å². The zero-order valence-electron chi connectivity index (χ0n) is 20.2. The van der Waals surface area contributed by atoms with Gasteiger partial charge < -0.3 is 4.74 Å². The molecular formula is C27H28N2O4S2. The van der Waals surface area contributed by atoms with E-state index in [4.69, 9.17) is 9.72 Å². The molecule has 0 fully saturated rings. The number of carbonyl (C=O) groups is 1. The minimum atomic E-state index is -3.36. The zero-order chi connectivity index (χ0) is 25.2. The number of anilines is 1. The maximum Gasteiger partial charge on any atom is 0.233 e. The molecule has 0 saturated heterocycles. The molecule has 0 atom stereocenters. The second kappa shape index (κ2) is 10.2. The van der Waals surface area contributed by atoms with Crippen LogP contribution in [0, 0.1) is 6.92 Å². The molecule has 182 valence electrons. The Hall–Kier alpha value is -3.23. The molecule has 8 heteroatoms. The lowest BCUT2D eigenvalue weighted by Gasteiger charge is -2.20. The second-order valence-electron chi connectivity index (χ2n) is 8.64. The number of aromatic nitrogens is 1. The Morgan fingerprint density at radius 2 is 1.69 bits per heavy atom. The highest BCUT2D eigenvalue weighted by molar-refractivity contribution is 7.92. The molecule has 1 amide bonds. The van der Waals surface area contributed by atoms with Gasteiger partial charge >= 0.3 is 0 Å². The van der Waals surface area contributed by atoms with Crippen LogP contribution in [0.4, 0.5) is 5.13 Å². The van der Waals surface area contributed by atoms with Gasteiger partial charge in [0.15, 0.2) is 15.0 Å². The van der Waals surface area contributed by atoms with Crippen LogP contribution in [0.2, 0.25) is 0 Å². The molecule has 0 saturated carbocycles. The highest BCUT2D eigenvalue weighted by Gasteiger charge is 2.23. The van der Waals surface area contributed by atoms with Crippen molar-refractivity contribution in [3.8, 4) is 5.75 Å². The summed E-state index contributed by atoms with van der Waals surface area (Å²) in [5, 5.41) is 0.0938. The number of methoxy groups -OCH3 is 1. The number of thiazole rings is 1. The van der Waals surface area contributed by atoms with E-state index in [0.29, 0.717) is 17.4 Å². The number of fused-ring (bicyclic) bond motifs is 1. The lowest BCUT2D eigenvalue weighted by molar-refractivity contribution is -0.118.